The van der Waals surface area contributed by atoms with Gasteiger partial charge in [-0.2, -0.15) is 5.26 Å². The van der Waals surface area contributed by atoms with Crippen LogP contribution < -0.4 is 9.64 Å². The molecule has 0 radical (unpaired) electrons. The second kappa shape index (κ2) is 7.49. The highest BCUT2D eigenvalue weighted by atomic mass is 79.9. The van der Waals surface area contributed by atoms with Crippen molar-refractivity contribution < 1.29 is 9.53 Å². The van der Waals surface area contributed by atoms with E-state index in [2.05, 4.69) is 22.0 Å². The van der Waals surface area contributed by atoms with Crippen LogP contribution in [-0.4, -0.2) is 19.1 Å². The third-order valence-electron chi connectivity index (χ3n) is 3.24. The zero-order valence-electron chi connectivity index (χ0n) is 12.6. The van der Waals surface area contributed by atoms with Gasteiger partial charge in [0, 0.05) is 17.8 Å². The van der Waals surface area contributed by atoms with Gasteiger partial charge >= 0.3 is 0 Å². The molecule has 2 aromatic rings. The summed E-state index contributed by atoms with van der Waals surface area (Å²) in [6, 6.07) is 14.0. The minimum absolute atomic E-state index is 0.220. The number of carbonyl (C=O) groups is 1. The summed E-state index contributed by atoms with van der Waals surface area (Å²) in [4.78, 5) is 14.0. The minimum Gasteiger partial charge on any atom is -0.480 e. The highest BCUT2D eigenvalue weighted by molar-refractivity contribution is 9.10. The van der Waals surface area contributed by atoms with Crippen molar-refractivity contribution in [2.75, 3.05) is 11.9 Å². The summed E-state index contributed by atoms with van der Waals surface area (Å²) in [5.74, 6) is 0.316. The number of nitrogens with zero attached hydrogens (tertiary/aromatic N) is 2. The van der Waals surface area contributed by atoms with Gasteiger partial charge in [0.1, 0.15) is 5.75 Å². The maximum Gasteiger partial charge on any atom is 0.267 e. The normalized spacial score (nSPS) is 11.4. The lowest BCUT2D eigenvalue weighted by atomic mass is 10.2. The monoisotopic (exact) mass is 392 g/mol. The first-order chi connectivity index (χ1) is 10.9. The Morgan fingerprint density at radius 2 is 2.09 bits per heavy atom. The van der Waals surface area contributed by atoms with Crippen molar-refractivity contribution in [3.63, 3.8) is 0 Å². The van der Waals surface area contributed by atoms with E-state index in [4.69, 9.17) is 21.6 Å². The fourth-order valence-corrected chi connectivity index (χ4v) is 2.77. The second-order valence-corrected chi connectivity index (χ2v) is 6.18. The smallest absolute Gasteiger partial charge is 0.267 e. The molecule has 0 saturated carbocycles. The standard InChI is InChI=1S/C17H14BrClN2O2/c1-11(23-16-7-6-13(19)9-15(16)18)17(22)21(2)14-5-3-4-12(8-14)10-20/h3-9,11H,1-2H3. The summed E-state index contributed by atoms with van der Waals surface area (Å²) >= 11 is 9.24. The van der Waals surface area contributed by atoms with Crippen molar-refractivity contribution in [3.05, 3.63) is 57.5 Å². The molecule has 0 spiro atoms. The Kier molecular flexibility index (Phi) is 5.64. The maximum atomic E-state index is 12.5. The minimum atomic E-state index is -0.691. The third kappa shape index (κ3) is 4.25. The quantitative estimate of drug-likeness (QED) is 0.773. The Morgan fingerprint density at radius 1 is 1.35 bits per heavy atom. The van der Waals surface area contributed by atoms with Gasteiger partial charge in [-0.3, -0.25) is 4.79 Å². The number of nitriles is 1. The molecule has 0 aliphatic carbocycles. The molecule has 1 atom stereocenters. The summed E-state index contributed by atoms with van der Waals surface area (Å²) in [5, 5.41) is 9.52. The van der Waals surface area contributed by atoms with Crippen LogP contribution >= 0.6 is 27.5 Å². The van der Waals surface area contributed by atoms with Crippen molar-refractivity contribution >= 4 is 39.1 Å². The van der Waals surface area contributed by atoms with E-state index in [9.17, 15) is 4.79 Å². The number of amides is 1. The first kappa shape index (κ1) is 17.3. The maximum absolute atomic E-state index is 12.5. The summed E-state index contributed by atoms with van der Waals surface area (Å²) in [6.45, 7) is 1.67. The zero-order valence-corrected chi connectivity index (χ0v) is 14.9. The molecule has 4 nitrogen and oxygen atoms in total. The van der Waals surface area contributed by atoms with Crippen LogP contribution in [0.3, 0.4) is 0 Å². The van der Waals surface area contributed by atoms with Crippen LogP contribution in [0.1, 0.15) is 12.5 Å². The predicted molar refractivity (Wildman–Crippen MR) is 93.8 cm³/mol. The summed E-state index contributed by atoms with van der Waals surface area (Å²) in [7, 11) is 1.65. The van der Waals surface area contributed by atoms with Crippen LogP contribution in [0, 0.1) is 11.3 Å². The number of ether oxygens (including phenoxy) is 1. The van der Waals surface area contributed by atoms with Crippen molar-refractivity contribution in [2.45, 2.75) is 13.0 Å². The van der Waals surface area contributed by atoms with Crippen LogP contribution in [0.5, 0.6) is 5.75 Å². The fourth-order valence-electron chi connectivity index (χ4n) is 2.00. The summed E-state index contributed by atoms with van der Waals surface area (Å²) < 4.78 is 6.38. The number of benzene rings is 2. The lowest BCUT2D eigenvalue weighted by molar-refractivity contribution is -0.124. The number of carbonyl (C=O) groups excluding carboxylic acids is 1. The van der Waals surface area contributed by atoms with Crippen molar-refractivity contribution in [1.82, 2.24) is 0 Å². The Morgan fingerprint density at radius 3 is 2.74 bits per heavy atom. The Hall–Kier alpha value is -2.03. The molecule has 2 aromatic carbocycles. The van der Waals surface area contributed by atoms with Crippen LogP contribution in [0.15, 0.2) is 46.9 Å². The first-order valence-electron chi connectivity index (χ1n) is 6.82. The highest BCUT2D eigenvalue weighted by Gasteiger charge is 2.21. The number of likely N-dealkylation sites (N-methyl/N-ethyl adjacent to an activating group) is 1. The van der Waals surface area contributed by atoms with E-state index in [1.807, 2.05) is 0 Å². The lowest BCUT2D eigenvalue weighted by Gasteiger charge is -2.22. The van der Waals surface area contributed by atoms with E-state index in [1.165, 1.54) is 4.90 Å². The van der Waals surface area contributed by atoms with Gasteiger partial charge in [0.2, 0.25) is 0 Å². The third-order valence-corrected chi connectivity index (χ3v) is 4.09. The molecular formula is C17H14BrClN2O2. The van der Waals surface area contributed by atoms with Gasteiger partial charge in [-0.15, -0.1) is 0 Å². The molecule has 0 aliphatic rings. The molecule has 23 heavy (non-hydrogen) atoms. The van der Waals surface area contributed by atoms with E-state index in [1.54, 1.807) is 56.4 Å². The van der Waals surface area contributed by atoms with Gasteiger partial charge in [0.05, 0.1) is 16.1 Å². The number of rotatable bonds is 4. The zero-order chi connectivity index (χ0) is 17.0. The molecule has 6 heteroatoms. The van der Waals surface area contributed by atoms with E-state index in [-0.39, 0.29) is 5.91 Å². The number of anilines is 1. The second-order valence-electron chi connectivity index (χ2n) is 4.89. The number of halogens is 2. The molecule has 0 aromatic heterocycles. The molecule has 1 amide bonds. The van der Waals surface area contributed by atoms with Crippen molar-refractivity contribution in [3.8, 4) is 11.8 Å². The molecule has 0 N–H and O–H groups in total. The van der Waals surface area contributed by atoms with Gasteiger partial charge in [0.25, 0.3) is 5.91 Å². The van der Waals surface area contributed by atoms with Crippen LogP contribution in [0.25, 0.3) is 0 Å². The molecular weight excluding hydrogens is 380 g/mol. The fraction of sp³-hybridized carbons (Fsp3) is 0.176. The van der Waals surface area contributed by atoms with Crippen LogP contribution in [-0.2, 0) is 4.79 Å². The average molecular weight is 394 g/mol. The van der Waals surface area contributed by atoms with E-state index in [0.717, 1.165) is 0 Å². The average Bonchev–Trinajstić information content (AvgIpc) is 2.56. The molecule has 1 unspecified atom stereocenters. The van der Waals surface area contributed by atoms with E-state index >= 15 is 0 Å². The molecule has 0 aliphatic heterocycles. The Bertz CT molecular complexity index is 773. The SMILES string of the molecule is CC(Oc1ccc(Cl)cc1Br)C(=O)N(C)c1cccc(C#N)c1. The molecule has 0 bridgehead atoms. The lowest BCUT2D eigenvalue weighted by Crippen LogP contribution is -2.38. The predicted octanol–water partition coefficient (Wildman–Crippen LogP) is 4.40. The van der Waals surface area contributed by atoms with E-state index in [0.29, 0.717) is 26.5 Å². The summed E-state index contributed by atoms with van der Waals surface area (Å²) in [5.41, 5.74) is 1.14. The first-order valence-corrected chi connectivity index (χ1v) is 7.99. The van der Waals surface area contributed by atoms with Crippen LogP contribution in [0.4, 0.5) is 5.69 Å². The largest absolute Gasteiger partial charge is 0.480 e. The molecule has 0 fully saturated rings. The highest BCUT2D eigenvalue weighted by Crippen LogP contribution is 2.29. The van der Waals surface area contributed by atoms with Gasteiger partial charge in [-0.05, 0) is 59.3 Å². The van der Waals surface area contributed by atoms with Gasteiger partial charge < -0.3 is 9.64 Å². The van der Waals surface area contributed by atoms with E-state index < -0.39 is 6.10 Å². The van der Waals surface area contributed by atoms with Gasteiger partial charge in [-0.1, -0.05) is 17.7 Å². The Balaban J connectivity index is 2.13. The van der Waals surface area contributed by atoms with Gasteiger partial charge in [0.15, 0.2) is 6.10 Å². The van der Waals surface area contributed by atoms with Crippen molar-refractivity contribution in [1.29, 1.82) is 5.26 Å². The molecule has 0 heterocycles. The van der Waals surface area contributed by atoms with Crippen molar-refractivity contribution in [2.24, 2.45) is 0 Å². The Labute approximate surface area is 148 Å². The van der Waals surface area contributed by atoms with Gasteiger partial charge in [-0.25, -0.2) is 0 Å². The number of hydrogen-bond acceptors (Lipinski definition) is 3. The topological polar surface area (TPSA) is 53.3 Å². The number of hydrogen-bond donors (Lipinski definition) is 0. The molecule has 2 rings (SSSR count). The van der Waals surface area contributed by atoms with Crippen LogP contribution in [0.2, 0.25) is 5.02 Å². The molecule has 118 valence electrons. The summed E-state index contributed by atoms with van der Waals surface area (Å²) in [6.07, 6.45) is -0.691. The molecule has 0 saturated heterocycles.